The lowest BCUT2D eigenvalue weighted by atomic mass is 9.92. The minimum absolute atomic E-state index is 0.221. The standard InChI is InChI=1S/C10H12BrNO/c1-10(12)5-7-2-3-8(11)4-9(7)13-6-10/h2-4H,5-6,12H2,1H3. The van der Waals surface area contributed by atoms with Gasteiger partial charge in [-0.05, 0) is 31.0 Å². The summed E-state index contributed by atoms with van der Waals surface area (Å²) < 4.78 is 6.61. The smallest absolute Gasteiger partial charge is 0.123 e. The Morgan fingerprint density at radius 2 is 2.31 bits per heavy atom. The summed E-state index contributed by atoms with van der Waals surface area (Å²) in [6, 6.07) is 6.07. The molecule has 2 N–H and O–H groups in total. The lowest BCUT2D eigenvalue weighted by molar-refractivity contribution is 0.204. The first-order valence-corrected chi connectivity index (χ1v) is 5.06. The van der Waals surface area contributed by atoms with Gasteiger partial charge in [-0.15, -0.1) is 0 Å². The SMILES string of the molecule is CC1(N)COc2cc(Br)ccc2C1. The fourth-order valence-corrected chi connectivity index (χ4v) is 1.88. The van der Waals surface area contributed by atoms with Gasteiger partial charge in [0, 0.05) is 4.47 Å². The lowest BCUT2D eigenvalue weighted by Gasteiger charge is -2.31. The maximum Gasteiger partial charge on any atom is 0.123 e. The molecule has 2 nitrogen and oxygen atoms in total. The molecule has 1 unspecified atom stereocenters. The minimum atomic E-state index is -0.221. The second kappa shape index (κ2) is 3.00. The van der Waals surface area contributed by atoms with Crippen molar-refractivity contribution in [2.45, 2.75) is 18.9 Å². The second-order valence-corrected chi connectivity index (χ2v) is 4.79. The van der Waals surface area contributed by atoms with Crippen molar-refractivity contribution in [3.05, 3.63) is 28.2 Å². The highest BCUT2D eigenvalue weighted by Gasteiger charge is 2.26. The Hall–Kier alpha value is -0.540. The van der Waals surface area contributed by atoms with Gasteiger partial charge in [-0.1, -0.05) is 22.0 Å². The van der Waals surface area contributed by atoms with E-state index in [-0.39, 0.29) is 5.54 Å². The van der Waals surface area contributed by atoms with Crippen molar-refractivity contribution in [3.8, 4) is 5.75 Å². The van der Waals surface area contributed by atoms with E-state index in [9.17, 15) is 0 Å². The number of nitrogens with two attached hydrogens (primary N) is 1. The predicted octanol–water partition coefficient (Wildman–Crippen LogP) is 2.10. The van der Waals surface area contributed by atoms with E-state index in [0.717, 1.165) is 16.6 Å². The highest BCUT2D eigenvalue weighted by Crippen LogP contribution is 2.30. The van der Waals surface area contributed by atoms with Gasteiger partial charge in [0.25, 0.3) is 0 Å². The fraction of sp³-hybridized carbons (Fsp3) is 0.400. The van der Waals surface area contributed by atoms with Crippen LogP contribution in [0.25, 0.3) is 0 Å². The van der Waals surface area contributed by atoms with Gasteiger partial charge < -0.3 is 10.5 Å². The minimum Gasteiger partial charge on any atom is -0.491 e. The summed E-state index contributed by atoms with van der Waals surface area (Å²) >= 11 is 3.41. The lowest BCUT2D eigenvalue weighted by Crippen LogP contribution is -2.47. The monoisotopic (exact) mass is 241 g/mol. The molecule has 13 heavy (non-hydrogen) atoms. The van der Waals surface area contributed by atoms with Gasteiger partial charge in [0.2, 0.25) is 0 Å². The van der Waals surface area contributed by atoms with Crippen LogP contribution in [0.5, 0.6) is 5.75 Å². The summed E-state index contributed by atoms with van der Waals surface area (Å²) in [6.45, 7) is 2.61. The van der Waals surface area contributed by atoms with Crippen LogP contribution in [-0.4, -0.2) is 12.1 Å². The largest absolute Gasteiger partial charge is 0.491 e. The van der Waals surface area contributed by atoms with E-state index < -0.39 is 0 Å². The molecule has 1 heterocycles. The van der Waals surface area contributed by atoms with Crippen LogP contribution in [0.4, 0.5) is 0 Å². The Bertz CT molecular complexity index is 336. The van der Waals surface area contributed by atoms with Crippen LogP contribution in [-0.2, 0) is 6.42 Å². The van der Waals surface area contributed by atoms with Gasteiger partial charge in [0.05, 0.1) is 5.54 Å². The van der Waals surface area contributed by atoms with Crippen molar-refractivity contribution in [2.24, 2.45) is 5.73 Å². The van der Waals surface area contributed by atoms with Gasteiger partial charge in [0.1, 0.15) is 12.4 Å². The molecule has 0 amide bonds. The zero-order chi connectivity index (χ0) is 9.47. The first-order chi connectivity index (χ1) is 6.07. The Morgan fingerprint density at radius 1 is 1.54 bits per heavy atom. The molecular weight excluding hydrogens is 230 g/mol. The third-order valence-electron chi connectivity index (χ3n) is 2.18. The summed E-state index contributed by atoms with van der Waals surface area (Å²) in [6.07, 6.45) is 0.885. The van der Waals surface area contributed by atoms with E-state index in [1.807, 2.05) is 19.1 Å². The highest BCUT2D eigenvalue weighted by atomic mass is 79.9. The number of rotatable bonds is 0. The van der Waals surface area contributed by atoms with E-state index in [0.29, 0.717) is 6.61 Å². The van der Waals surface area contributed by atoms with Crippen LogP contribution in [0.2, 0.25) is 0 Å². The first-order valence-electron chi connectivity index (χ1n) is 4.27. The first kappa shape index (κ1) is 9.03. The Balaban J connectivity index is 2.37. The molecule has 1 aliphatic heterocycles. The van der Waals surface area contributed by atoms with Crippen molar-refractivity contribution >= 4 is 15.9 Å². The van der Waals surface area contributed by atoms with Crippen LogP contribution in [0.1, 0.15) is 12.5 Å². The van der Waals surface area contributed by atoms with Crippen molar-refractivity contribution in [3.63, 3.8) is 0 Å². The number of halogens is 1. The van der Waals surface area contributed by atoms with Gasteiger partial charge in [-0.25, -0.2) is 0 Å². The normalized spacial score (nSPS) is 26.4. The molecule has 2 rings (SSSR count). The molecule has 0 aromatic heterocycles. The average molecular weight is 242 g/mol. The van der Waals surface area contributed by atoms with Gasteiger partial charge in [-0.2, -0.15) is 0 Å². The number of hydrogen-bond acceptors (Lipinski definition) is 2. The quantitative estimate of drug-likeness (QED) is 0.756. The molecule has 0 aliphatic carbocycles. The van der Waals surface area contributed by atoms with Crippen LogP contribution in [0.3, 0.4) is 0 Å². The van der Waals surface area contributed by atoms with E-state index in [1.54, 1.807) is 0 Å². The molecular formula is C10H12BrNO. The van der Waals surface area contributed by atoms with Gasteiger partial charge in [-0.3, -0.25) is 0 Å². The summed E-state index contributed by atoms with van der Waals surface area (Å²) in [5, 5.41) is 0. The molecule has 1 aromatic rings. The third kappa shape index (κ3) is 1.86. The molecule has 0 saturated heterocycles. The zero-order valence-electron chi connectivity index (χ0n) is 7.51. The van der Waals surface area contributed by atoms with Crippen molar-refractivity contribution in [1.82, 2.24) is 0 Å². The zero-order valence-corrected chi connectivity index (χ0v) is 9.10. The number of hydrogen-bond donors (Lipinski definition) is 1. The molecule has 0 bridgehead atoms. The number of fused-ring (bicyclic) bond motifs is 1. The molecule has 0 radical (unpaired) electrons. The molecule has 0 fully saturated rings. The number of ether oxygens (including phenoxy) is 1. The predicted molar refractivity (Wildman–Crippen MR) is 55.9 cm³/mol. The molecule has 1 aliphatic rings. The summed E-state index contributed by atoms with van der Waals surface area (Å²) in [4.78, 5) is 0. The maximum absolute atomic E-state index is 5.99. The van der Waals surface area contributed by atoms with Crippen LogP contribution < -0.4 is 10.5 Å². The van der Waals surface area contributed by atoms with Gasteiger partial charge in [0.15, 0.2) is 0 Å². The Morgan fingerprint density at radius 3 is 3.08 bits per heavy atom. The van der Waals surface area contributed by atoms with Crippen molar-refractivity contribution in [1.29, 1.82) is 0 Å². The summed E-state index contributed by atoms with van der Waals surface area (Å²) in [7, 11) is 0. The fourth-order valence-electron chi connectivity index (χ4n) is 1.54. The van der Waals surface area contributed by atoms with E-state index >= 15 is 0 Å². The second-order valence-electron chi connectivity index (χ2n) is 3.87. The highest BCUT2D eigenvalue weighted by molar-refractivity contribution is 9.10. The maximum atomic E-state index is 5.99. The Kier molecular flexibility index (Phi) is 2.08. The van der Waals surface area contributed by atoms with Gasteiger partial charge >= 0.3 is 0 Å². The molecule has 0 saturated carbocycles. The van der Waals surface area contributed by atoms with Crippen LogP contribution in [0, 0.1) is 0 Å². The van der Waals surface area contributed by atoms with Crippen molar-refractivity contribution < 1.29 is 4.74 Å². The van der Waals surface area contributed by atoms with Crippen LogP contribution >= 0.6 is 15.9 Å². The van der Waals surface area contributed by atoms with Crippen LogP contribution in [0.15, 0.2) is 22.7 Å². The molecule has 3 heteroatoms. The Labute approximate surface area is 86.2 Å². The van der Waals surface area contributed by atoms with E-state index in [1.165, 1.54) is 5.56 Å². The number of benzene rings is 1. The van der Waals surface area contributed by atoms with Crippen molar-refractivity contribution in [2.75, 3.05) is 6.61 Å². The molecule has 1 aromatic carbocycles. The van der Waals surface area contributed by atoms with E-state index in [2.05, 4.69) is 22.0 Å². The average Bonchev–Trinajstić information content (AvgIpc) is 2.05. The third-order valence-corrected chi connectivity index (χ3v) is 2.67. The molecule has 70 valence electrons. The molecule has 1 atom stereocenters. The molecule has 0 spiro atoms. The van der Waals surface area contributed by atoms with E-state index in [4.69, 9.17) is 10.5 Å². The summed E-state index contributed by atoms with van der Waals surface area (Å²) in [5.41, 5.74) is 6.97. The summed E-state index contributed by atoms with van der Waals surface area (Å²) in [5.74, 6) is 0.956. The topological polar surface area (TPSA) is 35.2 Å².